The van der Waals surface area contributed by atoms with Crippen LogP contribution in [0.15, 0.2) is 4.99 Å². The molecular formula is C19H40IN5. The summed E-state index contributed by atoms with van der Waals surface area (Å²) in [5.41, 5.74) is 0.480. The van der Waals surface area contributed by atoms with E-state index in [0.29, 0.717) is 11.5 Å². The lowest BCUT2D eigenvalue weighted by molar-refractivity contribution is 0.116. The first-order valence-electron chi connectivity index (χ1n) is 9.77. The Hall–Kier alpha value is -0.0800. The van der Waals surface area contributed by atoms with Gasteiger partial charge in [-0.25, -0.2) is 0 Å². The predicted molar refractivity (Wildman–Crippen MR) is 119 cm³/mol. The van der Waals surface area contributed by atoms with Crippen molar-refractivity contribution in [2.24, 2.45) is 16.3 Å². The van der Waals surface area contributed by atoms with Gasteiger partial charge in [-0.05, 0) is 44.7 Å². The number of aliphatic imine (C=N–C) groups is 1. The highest BCUT2D eigenvalue weighted by Gasteiger charge is 2.34. The summed E-state index contributed by atoms with van der Waals surface area (Å²) >= 11 is 0. The van der Waals surface area contributed by atoms with Gasteiger partial charge >= 0.3 is 0 Å². The van der Waals surface area contributed by atoms with Crippen molar-refractivity contribution >= 4 is 29.9 Å². The first-order chi connectivity index (χ1) is 11.4. The number of nitrogens with zero attached hydrogens (tertiary/aromatic N) is 3. The maximum absolute atomic E-state index is 4.45. The minimum atomic E-state index is 0. The zero-order valence-corrected chi connectivity index (χ0v) is 19.3. The summed E-state index contributed by atoms with van der Waals surface area (Å²) in [6.07, 6.45) is 6.84. The largest absolute Gasteiger partial charge is 0.356 e. The highest BCUT2D eigenvalue weighted by molar-refractivity contribution is 14.0. The summed E-state index contributed by atoms with van der Waals surface area (Å²) in [6, 6.07) is 0.554. The molecule has 148 valence electrons. The second-order valence-electron chi connectivity index (χ2n) is 8.51. The number of halogens is 1. The number of hydrogen-bond donors (Lipinski definition) is 2. The van der Waals surface area contributed by atoms with Crippen LogP contribution >= 0.6 is 24.0 Å². The fourth-order valence-corrected chi connectivity index (χ4v) is 4.47. The van der Waals surface area contributed by atoms with Crippen LogP contribution in [-0.2, 0) is 0 Å². The molecule has 1 saturated heterocycles. The van der Waals surface area contributed by atoms with Gasteiger partial charge in [-0.1, -0.05) is 26.7 Å². The van der Waals surface area contributed by atoms with Crippen molar-refractivity contribution in [3.8, 4) is 0 Å². The van der Waals surface area contributed by atoms with Crippen LogP contribution in [0.1, 0.15) is 46.0 Å². The molecule has 2 rings (SSSR count). The first-order valence-corrected chi connectivity index (χ1v) is 9.77. The van der Waals surface area contributed by atoms with E-state index in [1.54, 1.807) is 0 Å². The molecule has 1 heterocycles. The van der Waals surface area contributed by atoms with Crippen LogP contribution in [0, 0.1) is 11.3 Å². The molecular weight excluding hydrogens is 425 g/mol. The molecule has 1 atom stereocenters. The fraction of sp³-hybridized carbons (Fsp3) is 0.947. The SMILES string of the molecule is CN=C(NCC1CN(C)CCN1C)NCC1(CC(C)C)CCCC1.I. The predicted octanol–water partition coefficient (Wildman–Crippen LogP) is 2.62. The monoisotopic (exact) mass is 465 g/mol. The average molecular weight is 465 g/mol. The molecule has 1 unspecified atom stereocenters. The van der Waals surface area contributed by atoms with Crippen molar-refractivity contribution in [2.75, 3.05) is 53.9 Å². The third-order valence-electron chi connectivity index (χ3n) is 5.85. The van der Waals surface area contributed by atoms with E-state index < -0.39 is 0 Å². The van der Waals surface area contributed by atoms with Gasteiger partial charge in [0.05, 0.1) is 0 Å². The van der Waals surface area contributed by atoms with Gasteiger partial charge in [0.2, 0.25) is 0 Å². The molecule has 25 heavy (non-hydrogen) atoms. The van der Waals surface area contributed by atoms with Crippen molar-refractivity contribution in [3.63, 3.8) is 0 Å². The fourth-order valence-electron chi connectivity index (χ4n) is 4.47. The van der Waals surface area contributed by atoms with Crippen LogP contribution in [0.2, 0.25) is 0 Å². The van der Waals surface area contributed by atoms with E-state index in [-0.39, 0.29) is 24.0 Å². The number of nitrogens with one attached hydrogen (secondary N) is 2. The zero-order valence-electron chi connectivity index (χ0n) is 17.0. The molecule has 0 bridgehead atoms. The molecule has 0 aromatic carbocycles. The Labute approximate surface area is 172 Å². The van der Waals surface area contributed by atoms with Crippen LogP contribution in [0.25, 0.3) is 0 Å². The van der Waals surface area contributed by atoms with Gasteiger partial charge < -0.3 is 15.5 Å². The lowest BCUT2D eigenvalue weighted by Gasteiger charge is -2.38. The van der Waals surface area contributed by atoms with E-state index in [4.69, 9.17) is 0 Å². The molecule has 0 amide bonds. The van der Waals surface area contributed by atoms with E-state index >= 15 is 0 Å². The summed E-state index contributed by atoms with van der Waals surface area (Å²) in [4.78, 5) is 9.32. The minimum absolute atomic E-state index is 0. The van der Waals surface area contributed by atoms with Gasteiger partial charge in [0.25, 0.3) is 0 Å². The summed E-state index contributed by atoms with van der Waals surface area (Å²) in [7, 11) is 6.32. The van der Waals surface area contributed by atoms with Crippen LogP contribution < -0.4 is 10.6 Å². The smallest absolute Gasteiger partial charge is 0.191 e. The van der Waals surface area contributed by atoms with Crippen LogP contribution in [0.3, 0.4) is 0 Å². The van der Waals surface area contributed by atoms with Crippen molar-refractivity contribution < 1.29 is 0 Å². The van der Waals surface area contributed by atoms with Crippen LogP contribution in [0.4, 0.5) is 0 Å². The summed E-state index contributed by atoms with van der Waals surface area (Å²) in [5, 5.41) is 7.19. The Morgan fingerprint density at radius 1 is 1.16 bits per heavy atom. The van der Waals surface area contributed by atoms with Gasteiger partial charge in [0, 0.05) is 45.8 Å². The minimum Gasteiger partial charge on any atom is -0.356 e. The molecule has 6 heteroatoms. The standard InChI is InChI=1S/C19H39N5.HI/c1-16(2)12-19(8-6-7-9-19)15-22-18(20-3)21-13-17-14-23(4)10-11-24(17)5;/h16-17H,6-15H2,1-5H3,(H2,20,21,22);1H. The van der Waals surface area contributed by atoms with E-state index in [0.717, 1.165) is 44.6 Å². The first kappa shape index (κ1) is 23.0. The van der Waals surface area contributed by atoms with Gasteiger partial charge in [0.1, 0.15) is 0 Å². The van der Waals surface area contributed by atoms with Crippen molar-refractivity contribution in [3.05, 3.63) is 0 Å². The van der Waals surface area contributed by atoms with Gasteiger partial charge in [-0.3, -0.25) is 9.89 Å². The Balaban J connectivity index is 0.00000312. The zero-order chi connectivity index (χ0) is 17.6. The highest BCUT2D eigenvalue weighted by Crippen LogP contribution is 2.42. The number of rotatable bonds is 6. The lowest BCUT2D eigenvalue weighted by Crippen LogP contribution is -2.55. The summed E-state index contributed by atoms with van der Waals surface area (Å²) < 4.78 is 0. The molecule has 2 N–H and O–H groups in total. The quantitative estimate of drug-likeness (QED) is 0.360. The number of likely N-dealkylation sites (N-methyl/N-ethyl adjacent to an activating group) is 2. The maximum Gasteiger partial charge on any atom is 0.191 e. The lowest BCUT2D eigenvalue weighted by atomic mass is 9.78. The molecule has 0 radical (unpaired) electrons. The third kappa shape index (κ3) is 7.21. The normalized spacial score (nSPS) is 25.0. The second kappa shape index (κ2) is 10.9. The molecule has 0 spiro atoms. The highest BCUT2D eigenvalue weighted by atomic mass is 127. The average Bonchev–Trinajstić information content (AvgIpc) is 2.98. The Bertz CT molecular complexity index is 407. The number of hydrogen-bond acceptors (Lipinski definition) is 3. The molecule has 0 aromatic heterocycles. The topological polar surface area (TPSA) is 42.9 Å². The van der Waals surface area contributed by atoms with Crippen LogP contribution in [-0.4, -0.2) is 75.7 Å². The Morgan fingerprint density at radius 2 is 1.84 bits per heavy atom. The second-order valence-corrected chi connectivity index (χ2v) is 8.51. The van der Waals surface area contributed by atoms with Crippen molar-refractivity contribution in [2.45, 2.75) is 52.0 Å². The van der Waals surface area contributed by atoms with E-state index in [1.165, 1.54) is 32.1 Å². The molecule has 2 fully saturated rings. The van der Waals surface area contributed by atoms with E-state index in [2.05, 4.69) is 53.4 Å². The molecule has 2 aliphatic rings. The van der Waals surface area contributed by atoms with Crippen LogP contribution in [0.5, 0.6) is 0 Å². The molecule has 1 aliphatic carbocycles. The summed E-state index contributed by atoms with van der Waals surface area (Å²) in [6.45, 7) is 10.1. The molecule has 0 aromatic rings. The van der Waals surface area contributed by atoms with Gasteiger partial charge in [-0.15, -0.1) is 24.0 Å². The third-order valence-corrected chi connectivity index (χ3v) is 5.85. The molecule has 5 nitrogen and oxygen atoms in total. The number of piperazine rings is 1. The Kier molecular flexibility index (Phi) is 10.0. The summed E-state index contributed by atoms with van der Waals surface area (Å²) in [5.74, 6) is 1.73. The van der Waals surface area contributed by atoms with E-state index in [9.17, 15) is 0 Å². The van der Waals surface area contributed by atoms with Crippen molar-refractivity contribution in [1.29, 1.82) is 0 Å². The molecule has 1 saturated carbocycles. The molecule has 1 aliphatic heterocycles. The maximum atomic E-state index is 4.45. The van der Waals surface area contributed by atoms with Crippen molar-refractivity contribution in [1.82, 2.24) is 20.4 Å². The Morgan fingerprint density at radius 3 is 2.44 bits per heavy atom. The van der Waals surface area contributed by atoms with Gasteiger partial charge in [-0.2, -0.15) is 0 Å². The van der Waals surface area contributed by atoms with E-state index in [1.807, 2.05) is 7.05 Å². The number of guanidine groups is 1. The van der Waals surface area contributed by atoms with Gasteiger partial charge in [0.15, 0.2) is 5.96 Å².